The van der Waals surface area contributed by atoms with Crippen molar-refractivity contribution in [2.24, 2.45) is 0 Å². The maximum Gasteiger partial charge on any atom is 0.416 e. The van der Waals surface area contributed by atoms with Crippen molar-refractivity contribution in [3.05, 3.63) is 64.3 Å². The Bertz CT molecular complexity index is 879. The number of ether oxygens (including phenoxy) is 1. The van der Waals surface area contributed by atoms with E-state index < -0.39 is 35.2 Å². The van der Waals surface area contributed by atoms with Crippen molar-refractivity contribution in [2.75, 3.05) is 10.6 Å². The molecule has 12 heteroatoms. The summed E-state index contributed by atoms with van der Waals surface area (Å²) < 4.78 is 82.1. The van der Waals surface area contributed by atoms with E-state index in [9.17, 15) is 31.1 Å². The van der Waals surface area contributed by atoms with Gasteiger partial charge in [-0.05, 0) is 54.1 Å². The van der Waals surface area contributed by atoms with Gasteiger partial charge in [0.15, 0.2) is 0 Å². The van der Waals surface area contributed by atoms with Crippen LogP contribution in [-0.4, -0.2) is 6.03 Å². The van der Waals surface area contributed by atoms with E-state index in [1.165, 1.54) is 24.3 Å². The first-order valence-corrected chi connectivity index (χ1v) is 8.31. The summed E-state index contributed by atoms with van der Waals surface area (Å²) in [6, 6.07) is 5.21. The number of anilines is 2. The average molecular weight is 459 g/mol. The van der Waals surface area contributed by atoms with E-state index in [1.807, 2.05) is 5.32 Å². The van der Waals surface area contributed by atoms with Gasteiger partial charge in [-0.1, -0.05) is 11.6 Å². The monoisotopic (exact) mass is 458 g/mol. The summed E-state index contributed by atoms with van der Waals surface area (Å²) in [6.45, 7) is 0. The molecule has 2 aromatic carbocycles. The van der Waals surface area contributed by atoms with Crippen LogP contribution in [0.25, 0.3) is 0 Å². The third-order valence-electron chi connectivity index (χ3n) is 3.26. The molecule has 2 rings (SSSR count). The van der Waals surface area contributed by atoms with Gasteiger partial charge in [-0.3, -0.25) is 0 Å². The largest absolute Gasteiger partial charge is 0.444 e. The Kier molecular flexibility index (Phi) is 6.91. The molecule has 0 aliphatic rings. The first-order valence-electron chi connectivity index (χ1n) is 7.50. The molecular formula is C17H10Cl2F6N2O2. The second kappa shape index (κ2) is 8.83. The van der Waals surface area contributed by atoms with Crippen LogP contribution in [0.3, 0.4) is 0 Å². The fourth-order valence-corrected chi connectivity index (χ4v) is 2.20. The second-order valence-electron chi connectivity index (χ2n) is 5.41. The number of benzene rings is 2. The van der Waals surface area contributed by atoms with Gasteiger partial charge >= 0.3 is 18.4 Å². The van der Waals surface area contributed by atoms with Crippen LogP contribution in [0, 0.1) is 0 Å². The average Bonchev–Trinajstić information content (AvgIpc) is 2.61. The van der Waals surface area contributed by atoms with Gasteiger partial charge in [0.05, 0.1) is 16.7 Å². The summed E-state index contributed by atoms with van der Waals surface area (Å²) >= 11 is 10.9. The molecule has 156 valence electrons. The van der Waals surface area contributed by atoms with E-state index in [1.54, 1.807) is 0 Å². The van der Waals surface area contributed by atoms with Gasteiger partial charge in [0.2, 0.25) is 5.22 Å². The minimum absolute atomic E-state index is 0.0395. The molecule has 0 radical (unpaired) electrons. The van der Waals surface area contributed by atoms with Crippen LogP contribution in [0.1, 0.15) is 11.1 Å². The van der Waals surface area contributed by atoms with Gasteiger partial charge in [0, 0.05) is 11.4 Å². The lowest BCUT2D eigenvalue weighted by atomic mass is 10.1. The molecule has 0 atom stereocenters. The Morgan fingerprint density at radius 1 is 0.862 bits per heavy atom. The number of amides is 2. The fraction of sp³-hybridized carbons (Fsp3) is 0.118. The zero-order valence-corrected chi connectivity index (χ0v) is 15.5. The number of carbonyl (C=O) groups excluding carboxylic acids is 1. The SMILES string of the molecule is O=C(Nc1ccc(OC(Cl)=CCl)cc1)Nc1cc(C(F)(F)F)cc(C(F)(F)F)c1. The van der Waals surface area contributed by atoms with Crippen molar-refractivity contribution in [2.45, 2.75) is 12.4 Å². The molecule has 0 bridgehead atoms. The van der Waals surface area contributed by atoms with E-state index in [4.69, 9.17) is 27.9 Å². The molecule has 4 nitrogen and oxygen atoms in total. The quantitative estimate of drug-likeness (QED) is 0.381. The number of rotatable bonds is 4. The summed E-state index contributed by atoms with van der Waals surface area (Å²) in [7, 11) is 0. The lowest BCUT2D eigenvalue weighted by Gasteiger charge is -2.15. The lowest BCUT2D eigenvalue weighted by Crippen LogP contribution is -2.20. The van der Waals surface area contributed by atoms with Gasteiger partial charge in [0.25, 0.3) is 0 Å². The number of halogens is 8. The van der Waals surface area contributed by atoms with Crippen LogP contribution in [0.15, 0.2) is 53.2 Å². The molecule has 0 heterocycles. The van der Waals surface area contributed by atoms with E-state index >= 15 is 0 Å². The first kappa shape index (κ1) is 22.7. The molecule has 0 aromatic heterocycles. The molecule has 0 saturated heterocycles. The van der Waals surface area contributed by atoms with Crippen molar-refractivity contribution in [3.8, 4) is 5.75 Å². The van der Waals surface area contributed by atoms with Crippen LogP contribution in [-0.2, 0) is 12.4 Å². The number of alkyl halides is 6. The Morgan fingerprint density at radius 3 is 1.79 bits per heavy atom. The third kappa shape index (κ3) is 6.75. The topological polar surface area (TPSA) is 50.4 Å². The van der Waals surface area contributed by atoms with Gasteiger partial charge in [0.1, 0.15) is 5.75 Å². The number of carbonyl (C=O) groups is 1. The normalized spacial score (nSPS) is 12.5. The molecule has 29 heavy (non-hydrogen) atoms. The first-order chi connectivity index (χ1) is 13.4. The standard InChI is InChI=1S/C17H10Cl2F6N2O2/c18-8-14(19)29-13-3-1-11(2-4-13)26-15(28)27-12-6-9(16(20,21)22)5-10(7-12)17(23,24)25/h1-8H,(H2,26,27,28). The van der Waals surface area contributed by atoms with Gasteiger partial charge in [-0.25, -0.2) is 4.79 Å². The zero-order valence-electron chi connectivity index (χ0n) is 14.0. The molecule has 0 aliphatic carbocycles. The molecule has 0 saturated carbocycles. The van der Waals surface area contributed by atoms with Gasteiger partial charge in [-0.2, -0.15) is 26.3 Å². The van der Waals surface area contributed by atoms with Crippen molar-refractivity contribution in [3.63, 3.8) is 0 Å². The summed E-state index contributed by atoms with van der Waals surface area (Å²) in [6.07, 6.45) is -10.1. The summed E-state index contributed by atoms with van der Waals surface area (Å²) in [4.78, 5) is 11.9. The third-order valence-corrected chi connectivity index (χ3v) is 3.76. The predicted molar refractivity (Wildman–Crippen MR) is 95.9 cm³/mol. The fourth-order valence-electron chi connectivity index (χ4n) is 2.06. The van der Waals surface area contributed by atoms with E-state index in [2.05, 4.69) is 5.32 Å². The Balaban J connectivity index is 2.16. The minimum Gasteiger partial charge on any atom is -0.444 e. The highest BCUT2D eigenvalue weighted by molar-refractivity contribution is 6.35. The Labute approximate surface area is 170 Å². The lowest BCUT2D eigenvalue weighted by molar-refractivity contribution is -0.143. The molecular weight excluding hydrogens is 449 g/mol. The zero-order chi connectivity index (χ0) is 21.8. The van der Waals surface area contributed by atoms with Crippen LogP contribution < -0.4 is 15.4 Å². The van der Waals surface area contributed by atoms with E-state index in [-0.39, 0.29) is 22.7 Å². The Morgan fingerprint density at radius 2 is 1.34 bits per heavy atom. The minimum atomic E-state index is -5.03. The molecule has 0 spiro atoms. The second-order valence-corrected chi connectivity index (χ2v) is 6.00. The van der Waals surface area contributed by atoms with Gasteiger partial charge < -0.3 is 15.4 Å². The smallest absolute Gasteiger partial charge is 0.416 e. The van der Waals surface area contributed by atoms with Crippen LogP contribution in [0.2, 0.25) is 0 Å². The summed E-state index contributed by atoms with van der Waals surface area (Å²) in [5.41, 5.74) is -2.61. The van der Waals surface area contributed by atoms with Crippen molar-refractivity contribution >= 4 is 40.6 Å². The highest BCUT2D eigenvalue weighted by Gasteiger charge is 2.37. The van der Waals surface area contributed by atoms with Crippen LogP contribution in [0.4, 0.5) is 42.5 Å². The van der Waals surface area contributed by atoms with E-state index in [0.717, 1.165) is 5.54 Å². The predicted octanol–water partition coefficient (Wildman–Crippen LogP) is 7.02. The van der Waals surface area contributed by atoms with Crippen molar-refractivity contribution in [1.29, 1.82) is 0 Å². The van der Waals surface area contributed by atoms with E-state index in [0.29, 0.717) is 12.1 Å². The molecule has 2 aromatic rings. The molecule has 2 amide bonds. The summed E-state index contributed by atoms with van der Waals surface area (Å²) in [5, 5.41) is 4.09. The van der Waals surface area contributed by atoms with Crippen molar-refractivity contribution in [1.82, 2.24) is 0 Å². The maximum absolute atomic E-state index is 12.8. The number of urea groups is 1. The Hall–Kier alpha value is -2.59. The molecule has 0 aliphatic heterocycles. The highest BCUT2D eigenvalue weighted by Crippen LogP contribution is 2.37. The van der Waals surface area contributed by atoms with Crippen LogP contribution >= 0.6 is 23.2 Å². The number of nitrogens with one attached hydrogen (secondary N) is 2. The maximum atomic E-state index is 12.8. The summed E-state index contributed by atoms with van der Waals surface area (Å²) in [5.74, 6) is 0.269. The van der Waals surface area contributed by atoms with Gasteiger partial charge in [-0.15, -0.1) is 0 Å². The van der Waals surface area contributed by atoms with Crippen molar-refractivity contribution < 1.29 is 35.9 Å². The number of hydrogen-bond donors (Lipinski definition) is 2. The highest BCUT2D eigenvalue weighted by atomic mass is 35.5. The number of hydrogen-bond acceptors (Lipinski definition) is 2. The van der Waals surface area contributed by atoms with Crippen LogP contribution in [0.5, 0.6) is 5.75 Å². The molecule has 0 unspecified atom stereocenters. The molecule has 0 fully saturated rings. The molecule has 2 N–H and O–H groups in total.